The molecule has 0 unspecified atom stereocenters. The Morgan fingerprint density at radius 3 is 2.21 bits per heavy atom. The third-order valence-electron chi connectivity index (χ3n) is 6.97. The van der Waals surface area contributed by atoms with Gasteiger partial charge in [-0.25, -0.2) is 0 Å². The number of rotatable bonds is 10. The SMILES string of the molecule is COCCN(CC(=O)N(Cc1cccn1Cc1cccc(C)c1)C(C)(C)C)C(=O)c1ccc(C(C)(C)C)cc1. The predicted molar refractivity (Wildman–Crippen MR) is 158 cm³/mol. The summed E-state index contributed by atoms with van der Waals surface area (Å²) >= 11 is 0. The van der Waals surface area contributed by atoms with Crippen molar-refractivity contribution < 1.29 is 14.3 Å². The molecule has 3 aromatic rings. The Bertz CT molecular complexity index is 1250. The Balaban J connectivity index is 1.81. The van der Waals surface area contributed by atoms with E-state index >= 15 is 0 Å². The van der Waals surface area contributed by atoms with Gasteiger partial charge in [0.2, 0.25) is 5.91 Å². The van der Waals surface area contributed by atoms with Crippen LogP contribution in [-0.4, -0.2) is 58.5 Å². The standard InChI is InChI=1S/C33H45N3O3/c1-25-11-9-12-26(21-25)22-34-18-10-13-29(34)23-36(33(5,6)7)30(37)24-35(19-20-39-8)31(38)27-14-16-28(17-15-27)32(2,3)4/h9-18,21H,19-20,22-24H2,1-8H3. The Hall–Kier alpha value is -3.38. The first-order valence-corrected chi connectivity index (χ1v) is 13.7. The normalized spacial score (nSPS) is 11.9. The van der Waals surface area contributed by atoms with E-state index < -0.39 is 5.54 Å². The van der Waals surface area contributed by atoms with Gasteiger partial charge in [0.15, 0.2) is 0 Å². The van der Waals surface area contributed by atoms with Gasteiger partial charge in [-0.05, 0) is 68.5 Å². The summed E-state index contributed by atoms with van der Waals surface area (Å²) in [6.45, 7) is 16.5. The fourth-order valence-electron chi connectivity index (χ4n) is 4.61. The minimum Gasteiger partial charge on any atom is -0.383 e. The van der Waals surface area contributed by atoms with Crippen molar-refractivity contribution in [3.05, 3.63) is 94.8 Å². The van der Waals surface area contributed by atoms with Crippen molar-refractivity contribution >= 4 is 11.8 Å². The molecule has 6 heteroatoms. The molecule has 6 nitrogen and oxygen atoms in total. The van der Waals surface area contributed by atoms with Crippen molar-refractivity contribution in [1.82, 2.24) is 14.4 Å². The van der Waals surface area contributed by atoms with Crippen LogP contribution >= 0.6 is 0 Å². The van der Waals surface area contributed by atoms with Gasteiger partial charge in [0.1, 0.15) is 6.54 Å². The first kappa shape index (κ1) is 30.2. The maximum atomic E-state index is 13.8. The molecule has 0 aliphatic carbocycles. The molecule has 0 radical (unpaired) electrons. The molecule has 0 saturated carbocycles. The van der Waals surface area contributed by atoms with Crippen LogP contribution in [0, 0.1) is 6.92 Å². The fourth-order valence-corrected chi connectivity index (χ4v) is 4.61. The number of nitrogens with zero attached hydrogens (tertiary/aromatic N) is 3. The monoisotopic (exact) mass is 531 g/mol. The largest absolute Gasteiger partial charge is 0.383 e. The van der Waals surface area contributed by atoms with Gasteiger partial charge >= 0.3 is 0 Å². The number of methoxy groups -OCH3 is 1. The molecule has 210 valence electrons. The van der Waals surface area contributed by atoms with Crippen LogP contribution in [0.2, 0.25) is 0 Å². The van der Waals surface area contributed by atoms with Crippen LogP contribution in [0.3, 0.4) is 0 Å². The highest BCUT2D eigenvalue weighted by Crippen LogP contribution is 2.23. The van der Waals surface area contributed by atoms with Crippen LogP contribution in [0.1, 0.15) is 74.3 Å². The van der Waals surface area contributed by atoms with Crippen molar-refractivity contribution in [2.24, 2.45) is 0 Å². The van der Waals surface area contributed by atoms with Crippen molar-refractivity contribution in [1.29, 1.82) is 0 Å². The molecule has 1 heterocycles. The van der Waals surface area contributed by atoms with E-state index in [1.165, 1.54) is 11.1 Å². The van der Waals surface area contributed by atoms with Gasteiger partial charge in [0, 0.05) is 43.2 Å². The second kappa shape index (κ2) is 12.6. The van der Waals surface area contributed by atoms with Crippen LogP contribution in [0.4, 0.5) is 0 Å². The Morgan fingerprint density at radius 1 is 0.923 bits per heavy atom. The molecule has 0 aliphatic rings. The molecule has 0 spiro atoms. The Labute approximate surface area is 234 Å². The van der Waals surface area contributed by atoms with E-state index in [9.17, 15) is 9.59 Å². The van der Waals surface area contributed by atoms with Crippen LogP contribution in [-0.2, 0) is 28.0 Å². The Kier molecular flexibility index (Phi) is 9.78. The molecule has 0 fully saturated rings. The van der Waals surface area contributed by atoms with Crippen molar-refractivity contribution in [3.63, 3.8) is 0 Å². The number of carbonyl (C=O) groups is 2. The number of aryl methyl sites for hydroxylation is 1. The molecule has 39 heavy (non-hydrogen) atoms. The van der Waals surface area contributed by atoms with Gasteiger partial charge in [0.05, 0.1) is 13.2 Å². The lowest BCUT2D eigenvalue weighted by Crippen LogP contribution is -2.50. The number of aromatic nitrogens is 1. The average molecular weight is 532 g/mol. The zero-order valence-electron chi connectivity index (χ0n) is 25.0. The van der Waals surface area contributed by atoms with E-state index in [0.717, 1.165) is 17.8 Å². The molecule has 0 bridgehead atoms. The zero-order valence-corrected chi connectivity index (χ0v) is 25.0. The van der Waals surface area contributed by atoms with Gasteiger partial charge in [0.25, 0.3) is 5.91 Å². The second-order valence-corrected chi connectivity index (χ2v) is 12.3. The topological polar surface area (TPSA) is 54.8 Å². The van der Waals surface area contributed by atoms with Gasteiger partial charge in [-0.1, -0.05) is 62.7 Å². The molecule has 0 atom stereocenters. The van der Waals surface area contributed by atoms with E-state index in [4.69, 9.17) is 4.74 Å². The molecule has 3 rings (SSSR count). The van der Waals surface area contributed by atoms with Crippen molar-refractivity contribution in [2.45, 2.75) is 72.5 Å². The van der Waals surface area contributed by atoms with E-state index in [1.807, 2.05) is 56.0 Å². The lowest BCUT2D eigenvalue weighted by atomic mass is 9.86. The van der Waals surface area contributed by atoms with Gasteiger partial charge in [-0.2, -0.15) is 0 Å². The summed E-state index contributed by atoms with van der Waals surface area (Å²) in [4.78, 5) is 30.8. The summed E-state index contributed by atoms with van der Waals surface area (Å²) in [7, 11) is 1.60. The third-order valence-corrected chi connectivity index (χ3v) is 6.97. The highest BCUT2D eigenvalue weighted by Gasteiger charge is 2.30. The van der Waals surface area contributed by atoms with Crippen LogP contribution < -0.4 is 0 Å². The lowest BCUT2D eigenvalue weighted by Gasteiger charge is -2.37. The lowest BCUT2D eigenvalue weighted by molar-refractivity contribution is -0.137. The number of hydrogen-bond acceptors (Lipinski definition) is 3. The smallest absolute Gasteiger partial charge is 0.254 e. The van der Waals surface area contributed by atoms with Gasteiger partial charge < -0.3 is 19.1 Å². The van der Waals surface area contributed by atoms with Crippen LogP contribution in [0.5, 0.6) is 0 Å². The molecular formula is C33H45N3O3. The minimum absolute atomic E-state index is 0.00249. The summed E-state index contributed by atoms with van der Waals surface area (Å²) < 4.78 is 7.46. The second-order valence-electron chi connectivity index (χ2n) is 12.3. The maximum absolute atomic E-state index is 13.8. The molecule has 1 aromatic heterocycles. The van der Waals surface area contributed by atoms with Crippen LogP contribution in [0.25, 0.3) is 0 Å². The van der Waals surface area contributed by atoms with Gasteiger partial charge in [-0.3, -0.25) is 9.59 Å². The fraction of sp³-hybridized carbons (Fsp3) is 0.455. The number of ether oxygens (including phenoxy) is 1. The quantitative estimate of drug-likeness (QED) is 0.320. The summed E-state index contributed by atoms with van der Waals surface area (Å²) in [5.74, 6) is -0.265. The predicted octanol–water partition coefficient (Wildman–Crippen LogP) is 6.06. The molecule has 0 saturated heterocycles. The first-order chi connectivity index (χ1) is 18.3. The van der Waals surface area contributed by atoms with Gasteiger partial charge in [-0.15, -0.1) is 0 Å². The highest BCUT2D eigenvalue weighted by molar-refractivity contribution is 5.96. The maximum Gasteiger partial charge on any atom is 0.254 e. The molecule has 0 N–H and O–H groups in total. The minimum atomic E-state index is -0.431. The van der Waals surface area contributed by atoms with Crippen molar-refractivity contribution in [3.8, 4) is 0 Å². The van der Waals surface area contributed by atoms with E-state index in [1.54, 1.807) is 12.0 Å². The zero-order chi connectivity index (χ0) is 28.8. The Morgan fingerprint density at radius 2 is 1.62 bits per heavy atom. The average Bonchev–Trinajstić information content (AvgIpc) is 3.29. The van der Waals surface area contributed by atoms with E-state index in [2.05, 4.69) is 68.8 Å². The summed E-state index contributed by atoms with van der Waals surface area (Å²) in [5, 5.41) is 0. The summed E-state index contributed by atoms with van der Waals surface area (Å²) in [6, 6.07) is 20.2. The highest BCUT2D eigenvalue weighted by atomic mass is 16.5. The molecular weight excluding hydrogens is 486 g/mol. The van der Waals surface area contributed by atoms with Crippen LogP contribution in [0.15, 0.2) is 66.9 Å². The number of amides is 2. The molecule has 2 aromatic carbocycles. The third kappa shape index (κ3) is 8.30. The van der Waals surface area contributed by atoms with E-state index in [-0.39, 0.29) is 23.8 Å². The van der Waals surface area contributed by atoms with Crippen molar-refractivity contribution in [2.75, 3.05) is 26.8 Å². The first-order valence-electron chi connectivity index (χ1n) is 13.7. The molecule has 2 amide bonds. The summed E-state index contributed by atoms with van der Waals surface area (Å²) in [5.41, 5.74) is 4.79. The molecule has 0 aliphatic heterocycles. The summed E-state index contributed by atoms with van der Waals surface area (Å²) in [6.07, 6.45) is 2.05. The number of carbonyl (C=O) groups excluding carboxylic acids is 2. The van der Waals surface area contributed by atoms with E-state index in [0.29, 0.717) is 25.3 Å². The number of hydrogen-bond donors (Lipinski definition) is 0. The number of benzene rings is 2.